The number of thiazole rings is 1. The van der Waals surface area contributed by atoms with E-state index in [1.165, 1.54) is 26.4 Å². The topological polar surface area (TPSA) is 49.2 Å². The number of aromatic nitrogens is 1. The SMILES string of the molecule is O=P(CCC[n+]1c(C=C2C=CN(Cc3ccccc3)C=C2)sc2ccccc21)(C1CO1)C1CO1. The van der Waals surface area contributed by atoms with E-state index in [1.807, 2.05) is 6.07 Å². The van der Waals surface area contributed by atoms with Crippen molar-refractivity contribution in [2.75, 3.05) is 19.4 Å². The van der Waals surface area contributed by atoms with Crippen molar-refractivity contribution in [3.63, 3.8) is 0 Å². The molecule has 1 aromatic heterocycles. The van der Waals surface area contributed by atoms with Gasteiger partial charge in [-0.3, -0.25) is 0 Å². The van der Waals surface area contributed by atoms with Crippen molar-refractivity contribution >= 4 is 34.8 Å². The zero-order valence-corrected chi connectivity index (χ0v) is 20.7. The van der Waals surface area contributed by atoms with E-state index in [2.05, 4.69) is 88.6 Å². The van der Waals surface area contributed by atoms with Crippen molar-refractivity contribution in [1.29, 1.82) is 0 Å². The third-order valence-corrected chi connectivity index (χ3v) is 11.2. The Morgan fingerprint density at radius 3 is 2.38 bits per heavy atom. The number of ether oxygens (including phenoxy) is 2. The zero-order chi connectivity index (χ0) is 23.0. The summed E-state index contributed by atoms with van der Waals surface area (Å²) in [6.45, 7) is 2.95. The van der Waals surface area contributed by atoms with Crippen LogP contribution in [0.4, 0.5) is 0 Å². The molecule has 3 aliphatic heterocycles. The first-order valence-electron chi connectivity index (χ1n) is 11.8. The summed E-state index contributed by atoms with van der Waals surface area (Å²) in [5.41, 5.74) is 3.69. The van der Waals surface area contributed by atoms with E-state index >= 15 is 0 Å². The van der Waals surface area contributed by atoms with Gasteiger partial charge in [-0.15, -0.1) is 0 Å². The minimum atomic E-state index is -2.40. The highest BCUT2D eigenvalue weighted by Crippen LogP contribution is 2.64. The summed E-state index contributed by atoms with van der Waals surface area (Å²) in [7, 11) is -2.40. The van der Waals surface area contributed by atoms with Gasteiger partial charge in [0, 0.05) is 43.7 Å². The van der Waals surface area contributed by atoms with E-state index in [0.717, 1.165) is 19.5 Å². The normalized spacial score (nSPS) is 22.7. The lowest BCUT2D eigenvalue weighted by Gasteiger charge is -2.18. The van der Waals surface area contributed by atoms with Crippen LogP contribution in [-0.2, 0) is 27.1 Å². The minimum absolute atomic E-state index is 0.0675. The van der Waals surface area contributed by atoms with Gasteiger partial charge in [0.25, 0.3) is 5.01 Å². The lowest BCUT2D eigenvalue weighted by molar-refractivity contribution is -0.668. The summed E-state index contributed by atoms with van der Waals surface area (Å²) >= 11 is 1.80. The molecule has 5 nitrogen and oxygen atoms in total. The number of benzene rings is 2. The van der Waals surface area contributed by atoms with Crippen molar-refractivity contribution in [2.45, 2.75) is 31.2 Å². The first-order valence-corrected chi connectivity index (χ1v) is 14.6. The van der Waals surface area contributed by atoms with Gasteiger partial charge in [-0.1, -0.05) is 53.8 Å². The summed E-state index contributed by atoms with van der Waals surface area (Å²) in [6.07, 6.45) is 12.4. The second kappa shape index (κ2) is 9.27. The predicted molar refractivity (Wildman–Crippen MR) is 137 cm³/mol. The molecule has 0 amide bonds. The van der Waals surface area contributed by atoms with Gasteiger partial charge in [0.1, 0.15) is 23.5 Å². The number of hydrogen-bond donors (Lipinski definition) is 0. The Morgan fingerprint density at radius 1 is 1.00 bits per heavy atom. The van der Waals surface area contributed by atoms with E-state index < -0.39 is 7.14 Å². The molecule has 3 aliphatic rings. The Labute approximate surface area is 204 Å². The van der Waals surface area contributed by atoms with Gasteiger partial charge in [-0.2, -0.15) is 4.57 Å². The number of fused-ring (bicyclic) bond motifs is 1. The number of allylic oxidation sites excluding steroid dienone is 3. The van der Waals surface area contributed by atoms with E-state index in [9.17, 15) is 4.57 Å². The predicted octanol–water partition coefficient (Wildman–Crippen LogP) is 5.58. The Kier molecular flexibility index (Phi) is 6.00. The Bertz CT molecular complexity index is 1290. The average Bonchev–Trinajstić information content (AvgIpc) is 3.78. The highest BCUT2D eigenvalue weighted by Gasteiger charge is 2.53. The summed E-state index contributed by atoms with van der Waals surface area (Å²) in [6, 6.07) is 19.0. The van der Waals surface area contributed by atoms with Gasteiger partial charge in [0.05, 0.1) is 13.2 Å². The molecule has 6 rings (SSSR count). The summed E-state index contributed by atoms with van der Waals surface area (Å²) in [4.78, 5) is 2.20. The summed E-state index contributed by atoms with van der Waals surface area (Å²) < 4.78 is 27.9. The second-order valence-corrected chi connectivity index (χ2v) is 13.4. The number of rotatable bonds is 9. The van der Waals surface area contributed by atoms with Gasteiger partial charge in [-0.05, 0) is 29.4 Å². The van der Waals surface area contributed by atoms with Gasteiger partial charge >= 0.3 is 0 Å². The highest BCUT2D eigenvalue weighted by molar-refractivity contribution is 7.65. The van der Waals surface area contributed by atoms with Crippen LogP contribution in [0.5, 0.6) is 0 Å². The van der Waals surface area contributed by atoms with Crippen LogP contribution < -0.4 is 4.57 Å². The largest absolute Gasteiger partial charge is 0.365 e. The van der Waals surface area contributed by atoms with Gasteiger partial charge in [-0.25, -0.2) is 0 Å². The van der Waals surface area contributed by atoms with Crippen molar-refractivity contribution in [3.8, 4) is 0 Å². The fourth-order valence-corrected chi connectivity index (χ4v) is 8.45. The van der Waals surface area contributed by atoms with Crippen LogP contribution in [0.15, 0.2) is 84.7 Å². The van der Waals surface area contributed by atoms with Crippen LogP contribution in [0.3, 0.4) is 0 Å². The lowest BCUT2D eigenvalue weighted by Crippen LogP contribution is -2.35. The van der Waals surface area contributed by atoms with Crippen LogP contribution >= 0.6 is 18.5 Å². The fourth-order valence-electron chi connectivity index (χ4n) is 4.54. The van der Waals surface area contributed by atoms with Crippen LogP contribution in [0.2, 0.25) is 0 Å². The summed E-state index contributed by atoms with van der Waals surface area (Å²) in [5.74, 6) is -0.135. The molecule has 3 aromatic rings. The number of epoxide rings is 2. The average molecular weight is 492 g/mol. The van der Waals surface area contributed by atoms with Crippen molar-refractivity contribution in [1.82, 2.24) is 4.90 Å². The van der Waals surface area contributed by atoms with Crippen LogP contribution in [0, 0.1) is 0 Å². The molecule has 2 fully saturated rings. The fraction of sp³-hybridized carbons (Fsp3) is 0.296. The molecule has 2 aromatic carbocycles. The lowest BCUT2D eigenvalue weighted by atomic mass is 10.1. The van der Waals surface area contributed by atoms with Crippen LogP contribution in [0.25, 0.3) is 16.3 Å². The standard InChI is InChI=1S/C27H28N2O3PS/c30-33(26-19-31-26,27-20-32-27)16-6-13-29-23-9-4-5-10-24(23)34-25(29)17-21-11-14-28(15-12-21)18-22-7-2-1-3-8-22/h1-5,7-12,14-15,17,26-27H,6,13,16,18-20H2/q+1. The molecule has 0 aliphatic carbocycles. The molecule has 4 heterocycles. The van der Waals surface area contributed by atoms with Crippen LogP contribution in [0.1, 0.15) is 17.0 Å². The zero-order valence-electron chi connectivity index (χ0n) is 19.0. The first-order chi connectivity index (χ1) is 16.7. The van der Waals surface area contributed by atoms with Gasteiger partial charge < -0.3 is 18.9 Å². The molecule has 34 heavy (non-hydrogen) atoms. The number of aryl methyl sites for hydroxylation is 1. The molecule has 0 saturated carbocycles. The minimum Gasteiger partial charge on any atom is -0.365 e. The molecule has 0 radical (unpaired) electrons. The van der Waals surface area contributed by atoms with E-state index in [4.69, 9.17) is 9.47 Å². The Balaban J connectivity index is 1.19. The number of para-hydroxylation sites is 1. The van der Waals surface area contributed by atoms with Crippen LogP contribution in [-0.4, -0.2) is 36.0 Å². The molecule has 174 valence electrons. The smallest absolute Gasteiger partial charge is 0.263 e. The Morgan fingerprint density at radius 2 is 1.68 bits per heavy atom. The molecular weight excluding hydrogens is 463 g/mol. The molecule has 0 bridgehead atoms. The third-order valence-electron chi connectivity index (χ3n) is 6.55. The maximum atomic E-state index is 13.4. The van der Waals surface area contributed by atoms with Gasteiger partial charge in [0.15, 0.2) is 6.54 Å². The van der Waals surface area contributed by atoms with Crippen molar-refractivity contribution in [2.24, 2.45) is 0 Å². The Hall–Kier alpha value is -2.50. The molecule has 2 atom stereocenters. The van der Waals surface area contributed by atoms with Crippen molar-refractivity contribution < 1.29 is 18.6 Å². The number of hydrogen-bond acceptors (Lipinski definition) is 5. The van der Waals surface area contributed by atoms with E-state index in [0.29, 0.717) is 19.4 Å². The summed E-state index contributed by atoms with van der Waals surface area (Å²) in [5, 5.41) is 1.21. The molecule has 0 N–H and O–H groups in total. The quantitative estimate of drug-likeness (QED) is 0.223. The maximum absolute atomic E-state index is 13.4. The highest BCUT2D eigenvalue weighted by atomic mass is 32.1. The van der Waals surface area contributed by atoms with E-state index in [1.54, 1.807) is 11.3 Å². The van der Waals surface area contributed by atoms with Gasteiger partial charge in [0.2, 0.25) is 5.52 Å². The van der Waals surface area contributed by atoms with E-state index in [-0.39, 0.29) is 11.7 Å². The number of nitrogens with zero attached hydrogens (tertiary/aromatic N) is 2. The molecular formula is C27H28N2O3PS+. The molecule has 2 saturated heterocycles. The van der Waals surface area contributed by atoms with Crippen molar-refractivity contribution in [3.05, 3.63) is 95.3 Å². The molecule has 0 spiro atoms. The third kappa shape index (κ3) is 4.69. The molecule has 2 unspecified atom stereocenters. The second-order valence-electron chi connectivity index (χ2n) is 9.00. The molecule has 7 heteroatoms. The first kappa shape index (κ1) is 22.0. The monoisotopic (exact) mass is 491 g/mol. The maximum Gasteiger partial charge on any atom is 0.263 e.